The lowest BCUT2D eigenvalue weighted by atomic mass is 10.1. The second-order valence-corrected chi connectivity index (χ2v) is 4.66. The fourth-order valence-corrected chi connectivity index (χ4v) is 2.32. The third-order valence-electron chi connectivity index (χ3n) is 3.20. The lowest BCUT2D eigenvalue weighted by molar-refractivity contribution is 0.0142. The van der Waals surface area contributed by atoms with Crippen molar-refractivity contribution in [1.29, 1.82) is 0 Å². The fourth-order valence-electron chi connectivity index (χ4n) is 2.32. The lowest BCUT2D eigenvalue weighted by Crippen LogP contribution is -2.38. The molecule has 96 valence electrons. The predicted octanol–water partition coefficient (Wildman–Crippen LogP) is 2.35. The second-order valence-electron chi connectivity index (χ2n) is 4.66. The van der Waals surface area contributed by atoms with Crippen LogP contribution in [0.5, 0.6) is 0 Å². The Balaban J connectivity index is 2.18. The molecular weight excluding hydrogens is 202 g/mol. The number of likely N-dealkylation sites (N-methyl/N-ethyl adjacent to an activating group) is 1. The normalized spacial score (nSPS) is 20.6. The van der Waals surface area contributed by atoms with Gasteiger partial charge in [0, 0.05) is 7.11 Å². The van der Waals surface area contributed by atoms with Crippen LogP contribution in [-0.2, 0) is 9.47 Å². The van der Waals surface area contributed by atoms with E-state index in [-0.39, 0.29) is 0 Å². The van der Waals surface area contributed by atoms with E-state index in [1.54, 1.807) is 7.11 Å². The van der Waals surface area contributed by atoms with E-state index >= 15 is 0 Å². The average molecular weight is 229 g/mol. The highest BCUT2D eigenvalue weighted by Gasteiger charge is 2.15. The number of hydrogen-bond acceptors (Lipinski definition) is 3. The fraction of sp³-hybridized carbons (Fsp3) is 1.00. The summed E-state index contributed by atoms with van der Waals surface area (Å²) in [5.74, 6) is 0. The smallest absolute Gasteiger partial charge is 0.0645 e. The van der Waals surface area contributed by atoms with Gasteiger partial charge in [-0.05, 0) is 19.4 Å². The van der Waals surface area contributed by atoms with E-state index < -0.39 is 0 Å². The van der Waals surface area contributed by atoms with Gasteiger partial charge < -0.3 is 14.8 Å². The van der Waals surface area contributed by atoms with Crippen molar-refractivity contribution < 1.29 is 9.47 Å². The molecule has 3 heteroatoms. The molecule has 16 heavy (non-hydrogen) atoms. The zero-order chi connectivity index (χ0) is 11.6. The first kappa shape index (κ1) is 13.9. The Bertz CT molecular complexity index is 148. The molecule has 0 amide bonds. The van der Waals surface area contributed by atoms with Gasteiger partial charge in [-0.1, -0.05) is 32.6 Å². The van der Waals surface area contributed by atoms with Crippen molar-refractivity contribution in [3.8, 4) is 0 Å². The van der Waals surface area contributed by atoms with Gasteiger partial charge in [-0.15, -0.1) is 0 Å². The highest BCUT2D eigenvalue weighted by Crippen LogP contribution is 2.19. The molecule has 0 aliphatic heterocycles. The monoisotopic (exact) mass is 229 g/mol. The quantitative estimate of drug-likeness (QED) is 0.680. The van der Waals surface area contributed by atoms with Crippen LogP contribution in [0.25, 0.3) is 0 Å². The Morgan fingerprint density at radius 3 is 2.38 bits per heavy atom. The maximum atomic E-state index is 5.99. The lowest BCUT2D eigenvalue weighted by Gasteiger charge is -2.21. The first-order valence-electron chi connectivity index (χ1n) is 6.70. The Hall–Kier alpha value is -0.120. The van der Waals surface area contributed by atoms with Gasteiger partial charge in [0.2, 0.25) is 0 Å². The van der Waals surface area contributed by atoms with E-state index in [1.165, 1.54) is 38.5 Å². The Morgan fingerprint density at radius 1 is 1.12 bits per heavy atom. The third-order valence-corrected chi connectivity index (χ3v) is 3.20. The summed E-state index contributed by atoms with van der Waals surface area (Å²) in [6.45, 7) is 4.61. The summed E-state index contributed by atoms with van der Waals surface area (Å²) in [6, 6.07) is 0.346. The van der Waals surface area contributed by atoms with Gasteiger partial charge in [-0.25, -0.2) is 0 Å². The first-order valence-corrected chi connectivity index (χ1v) is 6.70. The Morgan fingerprint density at radius 2 is 1.81 bits per heavy atom. The van der Waals surface area contributed by atoms with Crippen LogP contribution in [0.3, 0.4) is 0 Å². The highest BCUT2D eigenvalue weighted by atomic mass is 16.5. The van der Waals surface area contributed by atoms with Gasteiger partial charge >= 0.3 is 0 Å². The van der Waals surface area contributed by atoms with Crippen LogP contribution in [0.1, 0.15) is 45.4 Å². The van der Waals surface area contributed by atoms with Gasteiger partial charge in [-0.3, -0.25) is 0 Å². The molecule has 1 aliphatic carbocycles. The minimum Gasteiger partial charge on any atom is -0.383 e. The van der Waals surface area contributed by atoms with Crippen LogP contribution in [0.15, 0.2) is 0 Å². The van der Waals surface area contributed by atoms with Gasteiger partial charge in [0.25, 0.3) is 0 Å². The maximum absolute atomic E-state index is 5.99. The molecule has 3 nitrogen and oxygen atoms in total. The van der Waals surface area contributed by atoms with Crippen molar-refractivity contribution in [2.24, 2.45) is 0 Å². The molecule has 1 rings (SSSR count). The van der Waals surface area contributed by atoms with E-state index in [9.17, 15) is 0 Å². The molecule has 0 radical (unpaired) electrons. The first-order chi connectivity index (χ1) is 7.86. The summed E-state index contributed by atoms with van der Waals surface area (Å²) in [4.78, 5) is 0. The molecule has 0 aromatic rings. The summed E-state index contributed by atoms with van der Waals surface area (Å²) in [5, 5.41) is 3.39. The van der Waals surface area contributed by atoms with Crippen molar-refractivity contribution >= 4 is 0 Å². The molecule has 1 saturated carbocycles. The second kappa shape index (κ2) is 8.97. The van der Waals surface area contributed by atoms with Crippen LogP contribution in [-0.4, -0.2) is 39.0 Å². The van der Waals surface area contributed by atoms with Crippen molar-refractivity contribution in [3.05, 3.63) is 0 Å². The summed E-state index contributed by atoms with van der Waals surface area (Å²) in [6.07, 6.45) is 8.41. The molecule has 1 atom stereocenters. The van der Waals surface area contributed by atoms with Gasteiger partial charge in [-0.2, -0.15) is 0 Å². The molecule has 1 N–H and O–H groups in total. The molecule has 0 saturated heterocycles. The summed E-state index contributed by atoms with van der Waals surface area (Å²) in [5.41, 5.74) is 0. The minimum absolute atomic E-state index is 0.346. The molecule has 1 fully saturated rings. The van der Waals surface area contributed by atoms with Crippen molar-refractivity contribution in [3.63, 3.8) is 0 Å². The van der Waals surface area contributed by atoms with Crippen LogP contribution >= 0.6 is 0 Å². The zero-order valence-corrected chi connectivity index (χ0v) is 10.8. The van der Waals surface area contributed by atoms with E-state index in [0.717, 1.165) is 19.8 Å². The summed E-state index contributed by atoms with van der Waals surface area (Å²) in [7, 11) is 1.75. The van der Waals surface area contributed by atoms with E-state index in [2.05, 4.69) is 12.2 Å². The molecule has 1 aliphatic rings. The van der Waals surface area contributed by atoms with Crippen molar-refractivity contribution in [2.75, 3.05) is 26.9 Å². The van der Waals surface area contributed by atoms with Crippen molar-refractivity contribution in [1.82, 2.24) is 5.32 Å². The largest absolute Gasteiger partial charge is 0.383 e. The molecular formula is C13H27NO2. The van der Waals surface area contributed by atoms with Gasteiger partial charge in [0.05, 0.1) is 25.4 Å². The predicted molar refractivity (Wildman–Crippen MR) is 66.8 cm³/mol. The standard InChI is InChI=1S/C13H27NO2/c1-3-14-12(10-15-2)11-16-13-8-6-4-5-7-9-13/h12-14H,3-11H2,1-2H3. The molecule has 0 aromatic carbocycles. The summed E-state index contributed by atoms with van der Waals surface area (Å²) < 4.78 is 11.2. The minimum atomic E-state index is 0.346. The van der Waals surface area contributed by atoms with E-state index in [0.29, 0.717) is 12.1 Å². The molecule has 0 spiro atoms. The topological polar surface area (TPSA) is 30.5 Å². The molecule has 0 aromatic heterocycles. The van der Waals surface area contributed by atoms with Gasteiger partial charge in [0.1, 0.15) is 0 Å². The zero-order valence-electron chi connectivity index (χ0n) is 10.8. The van der Waals surface area contributed by atoms with Crippen LogP contribution in [0, 0.1) is 0 Å². The molecule has 1 unspecified atom stereocenters. The van der Waals surface area contributed by atoms with Crippen LogP contribution in [0.2, 0.25) is 0 Å². The Kier molecular flexibility index (Phi) is 7.81. The SMILES string of the molecule is CCNC(COC)COC1CCCCCC1. The Labute approximate surface area is 99.9 Å². The maximum Gasteiger partial charge on any atom is 0.0645 e. The summed E-state index contributed by atoms with van der Waals surface area (Å²) >= 11 is 0. The third kappa shape index (κ3) is 5.83. The van der Waals surface area contributed by atoms with Crippen LogP contribution in [0.4, 0.5) is 0 Å². The number of rotatable bonds is 7. The average Bonchev–Trinajstić information content (AvgIpc) is 2.55. The van der Waals surface area contributed by atoms with E-state index in [1.807, 2.05) is 0 Å². The number of ether oxygens (including phenoxy) is 2. The molecule has 0 bridgehead atoms. The number of methoxy groups -OCH3 is 1. The molecule has 0 heterocycles. The van der Waals surface area contributed by atoms with Crippen molar-refractivity contribution in [2.45, 2.75) is 57.6 Å². The number of hydrogen-bond donors (Lipinski definition) is 1. The van der Waals surface area contributed by atoms with Gasteiger partial charge in [0.15, 0.2) is 0 Å². The highest BCUT2D eigenvalue weighted by molar-refractivity contribution is 4.68. The van der Waals surface area contributed by atoms with Crippen LogP contribution < -0.4 is 5.32 Å². The van der Waals surface area contributed by atoms with E-state index in [4.69, 9.17) is 9.47 Å². The number of nitrogens with one attached hydrogen (secondary N) is 1.